The number of benzene rings is 2. The molecule has 28 heavy (non-hydrogen) atoms. The van der Waals surface area contributed by atoms with E-state index in [4.69, 9.17) is 0 Å². The van der Waals surface area contributed by atoms with E-state index in [2.05, 4.69) is 5.32 Å². The minimum absolute atomic E-state index is 0.0161. The topological polar surface area (TPSA) is 66.5 Å². The van der Waals surface area contributed by atoms with Gasteiger partial charge in [0.2, 0.25) is 11.8 Å². The maximum atomic E-state index is 12.4. The molecule has 0 aliphatic carbocycles. The summed E-state index contributed by atoms with van der Waals surface area (Å²) in [5.41, 5.74) is 4.32. The fourth-order valence-corrected chi connectivity index (χ4v) is 3.46. The Bertz CT molecular complexity index is 904. The van der Waals surface area contributed by atoms with Crippen LogP contribution in [0.2, 0.25) is 0 Å². The minimum Gasteiger partial charge on any atom is -0.338 e. The monoisotopic (exact) mass is 378 g/mol. The van der Waals surface area contributed by atoms with Crippen LogP contribution in [0.15, 0.2) is 42.5 Å². The average molecular weight is 378 g/mol. The zero-order chi connectivity index (χ0) is 20.1. The van der Waals surface area contributed by atoms with Crippen LogP contribution in [-0.2, 0) is 16.1 Å². The van der Waals surface area contributed by atoms with E-state index in [0.29, 0.717) is 24.2 Å². The van der Waals surface area contributed by atoms with E-state index in [1.807, 2.05) is 61.2 Å². The van der Waals surface area contributed by atoms with Gasteiger partial charge in [-0.2, -0.15) is 0 Å². The van der Waals surface area contributed by atoms with Crippen molar-refractivity contribution in [1.29, 1.82) is 0 Å². The first-order valence-electron chi connectivity index (χ1n) is 9.69. The highest BCUT2D eigenvalue weighted by Gasteiger charge is 2.20. The number of hydrogen-bond donors (Lipinski definition) is 1. The lowest BCUT2D eigenvalue weighted by molar-refractivity contribution is -0.128. The smallest absolute Gasteiger partial charge is 0.224 e. The second kappa shape index (κ2) is 8.83. The van der Waals surface area contributed by atoms with Gasteiger partial charge in [0.05, 0.1) is 0 Å². The van der Waals surface area contributed by atoms with Gasteiger partial charge in [0.1, 0.15) is 0 Å². The molecule has 1 saturated heterocycles. The molecule has 3 rings (SSSR count). The molecule has 1 fully saturated rings. The van der Waals surface area contributed by atoms with E-state index in [9.17, 15) is 14.4 Å². The molecule has 0 unspecified atom stereocenters. The van der Waals surface area contributed by atoms with Crippen LogP contribution < -0.4 is 5.32 Å². The van der Waals surface area contributed by atoms with Gasteiger partial charge in [-0.05, 0) is 49.6 Å². The molecule has 0 saturated carbocycles. The van der Waals surface area contributed by atoms with Gasteiger partial charge in [-0.15, -0.1) is 0 Å². The van der Waals surface area contributed by atoms with Crippen molar-refractivity contribution >= 4 is 23.3 Å². The van der Waals surface area contributed by atoms with Crippen LogP contribution in [0.1, 0.15) is 52.7 Å². The fourth-order valence-electron chi connectivity index (χ4n) is 3.46. The standard InChI is InChI=1S/C23H26N2O3/c1-16-8-9-17(2)20(13-16)21(26)10-11-22(27)24-19-6-3-5-18(14-19)15-25-12-4-7-23(25)28/h3,5-6,8-9,13-14H,4,7,10-12,15H2,1-2H3,(H,24,27). The Balaban J connectivity index is 1.54. The summed E-state index contributed by atoms with van der Waals surface area (Å²) < 4.78 is 0. The molecule has 2 aromatic rings. The Labute approximate surface area is 165 Å². The van der Waals surface area contributed by atoms with E-state index in [1.54, 1.807) is 0 Å². The number of Topliss-reactive ketones (excluding diaryl/α,β-unsaturated/α-hetero) is 1. The SMILES string of the molecule is Cc1ccc(C)c(C(=O)CCC(=O)Nc2cccc(CN3CCCC3=O)c2)c1. The molecule has 146 valence electrons. The second-order valence-electron chi connectivity index (χ2n) is 7.41. The van der Waals surface area contributed by atoms with Gasteiger partial charge in [0.15, 0.2) is 5.78 Å². The summed E-state index contributed by atoms with van der Waals surface area (Å²) in [6, 6.07) is 13.3. The molecule has 5 heteroatoms. The van der Waals surface area contributed by atoms with Crippen LogP contribution in [0.3, 0.4) is 0 Å². The first-order chi connectivity index (χ1) is 13.4. The Morgan fingerprint density at radius 2 is 1.89 bits per heavy atom. The molecule has 1 aliphatic rings. The van der Waals surface area contributed by atoms with Crippen LogP contribution >= 0.6 is 0 Å². The molecular weight excluding hydrogens is 352 g/mol. The number of nitrogens with zero attached hydrogens (tertiary/aromatic N) is 1. The van der Waals surface area contributed by atoms with Crippen molar-refractivity contribution in [2.75, 3.05) is 11.9 Å². The third-order valence-corrected chi connectivity index (χ3v) is 5.03. The quantitative estimate of drug-likeness (QED) is 0.740. The summed E-state index contributed by atoms with van der Waals surface area (Å²) in [5, 5.41) is 2.86. The zero-order valence-electron chi connectivity index (χ0n) is 16.5. The number of anilines is 1. The molecule has 5 nitrogen and oxygen atoms in total. The number of rotatable bonds is 7. The largest absolute Gasteiger partial charge is 0.338 e. The maximum absolute atomic E-state index is 12.4. The van der Waals surface area contributed by atoms with Crippen molar-refractivity contribution in [3.63, 3.8) is 0 Å². The van der Waals surface area contributed by atoms with Crippen molar-refractivity contribution in [3.05, 3.63) is 64.7 Å². The highest BCUT2D eigenvalue weighted by molar-refractivity contribution is 6.01. The van der Waals surface area contributed by atoms with Gasteiger partial charge in [0.25, 0.3) is 0 Å². The van der Waals surface area contributed by atoms with Crippen LogP contribution in [0.4, 0.5) is 5.69 Å². The molecule has 1 N–H and O–H groups in total. The van der Waals surface area contributed by atoms with E-state index in [-0.39, 0.29) is 30.4 Å². The van der Waals surface area contributed by atoms with Gasteiger partial charge in [-0.3, -0.25) is 14.4 Å². The van der Waals surface area contributed by atoms with Gasteiger partial charge < -0.3 is 10.2 Å². The molecule has 0 aromatic heterocycles. The van der Waals surface area contributed by atoms with Gasteiger partial charge in [-0.25, -0.2) is 0 Å². The Kier molecular flexibility index (Phi) is 6.24. The summed E-state index contributed by atoms with van der Waals surface area (Å²) in [4.78, 5) is 38.3. The number of hydrogen-bond acceptors (Lipinski definition) is 3. The zero-order valence-corrected chi connectivity index (χ0v) is 16.5. The van der Waals surface area contributed by atoms with E-state index < -0.39 is 0 Å². The molecule has 0 radical (unpaired) electrons. The highest BCUT2D eigenvalue weighted by Crippen LogP contribution is 2.18. The van der Waals surface area contributed by atoms with Crippen molar-refractivity contribution in [3.8, 4) is 0 Å². The average Bonchev–Trinajstić information content (AvgIpc) is 3.06. The number of carbonyl (C=O) groups is 3. The molecule has 0 spiro atoms. The van der Waals surface area contributed by atoms with Gasteiger partial charge in [-0.1, -0.05) is 29.8 Å². The Hall–Kier alpha value is -2.95. The van der Waals surface area contributed by atoms with E-state index in [0.717, 1.165) is 29.7 Å². The summed E-state index contributed by atoms with van der Waals surface area (Å²) in [5.74, 6) is -0.0231. The molecule has 2 aromatic carbocycles. The number of carbonyl (C=O) groups excluding carboxylic acids is 3. The predicted molar refractivity (Wildman–Crippen MR) is 109 cm³/mol. The molecule has 1 heterocycles. The van der Waals surface area contributed by atoms with Crippen molar-refractivity contribution in [2.24, 2.45) is 0 Å². The van der Waals surface area contributed by atoms with Crippen LogP contribution in [-0.4, -0.2) is 29.0 Å². The molecule has 2 amide bonds. The lowest BCUT2D eigenvalue weighted by Gasteiger charge is -2.16. The summed E-state index contributed by atoms with van der Waals surface area (Å²) in [7, 11) is 0. The van der Waals surface area contributed by atoms with Crippen LogP contribution in [0, 0.1) is 13.8 Å². The fraction of sp³-hybridized carbons (Fsp3) is 0.348. The second-order valence-corrected chi connectivity index (χ2v) is 7.41. The lowest BCUT2D eigenvalue weighted by atomic mass is 9.99. The number of nitrogens with one attached hydrogen (secondary N) is 1. The van der Waals surface area contributed by atoms with E-state index in [1.165, 1.54) is 0 Å². The number of likely N-dealkylation sites (tertiary alicyclic amines) is 1. The summed E-state index contributed by atoms with van der Waals surface area (Å²) in [6.07, 6.45) is 1.84. The number of amides is 2. The van der Waals surface area contributed by atoms with Crippen molar-refractivity contribution < 1.29 is 14.4 Å². The number of ketones is 1. The van der Waals surface area contributed by atoms with Crippen LogP contribution in [0.5, 0.6) is 0 Å². The van der Waals surface area contributed by atoms with Crippen molar-refractivity contribution in [2.45, 2.75) is 46.1 Å². The third kappa shape index (κ3) is 5.06. The third-order valence-electron chi connectivity index (χ3n) is 5.03. The molecule has 0 atom stereocenters. The number of aryl methyl sites for hydroxylation is 2. The lowest BCUT2D eigenvalue weighted by Crippen LogP contribution is -2.23. The summed E-state index contributed by atoms with van der Waals surface area (Å²) in [6.45, 7) is 5.21. The normalized spacial score (nSPS) is 13.6. The van der Waals surface area contributed by atoms with Gasteiger partial charge in [0, 0.05) is 43.6 Å². The van der Waals surface area contributed by atoms with Crippen molar-refractivity contribution in [1.82, 2.24) is 4.90 Å². The Morgan fingerprint density at radius 1 is 1.07 bits per heavy atom. The molecule has 1 aliphatic heterocycles. The van der Waals surface area contributed by atoms with Gasteiger partial charge >= 0.3 is 0 Å². The first kappa shape index (κ1) is 19.8. The molecular formula is C23H26N2O3. The highest BCUT2D eigenvalue weighted by atomic mass is 16.2. The van der Waals surface area contributed by atoms with E-state index >= 15 is 0 Å². The Morgan fingerprint density at radius 3 is 2.64 bits per heavy atom. The molecule has 0 bridgehead atoms. The first-order valence-corrected chi connectivity index (χ1v) is 9.69. The predicted octanol–water partition coefficient (Wildman–Crippen LogP) is 4.03. The maximum Gasteiger partial charge on any atom is 0.224 e. The minimum atomic E-state index is -0.187. The van der Waals surface area contributed by atoms with Crippen LogP contribution in [0.25, 0.3) is 0 Å². The summed E-state index contributed by atoms with van der Waals surface area (Å²) >= 11 is 0.